The molecule has 0 N–H and O–H groups in total. The van der Waals surface area contributed by atoms with Crippen LogP contribution >= 0.6 is 0 Å². The van der Waals surface area contributed by atoms with E-state index in [9.17, 15) is 0 Å². The van der Waals surface area contributed by atoms with E-state index >= 15 is 0 Å². The van der Waals surface area contributed by atoms with Gasteiger partial charge in [0.25, 0.3) is 0 Å². The Balaban J connectivity index is 2.54. The molecule has 0 aliphatic heterocycles. The van der Waals surface area contributed by atoms with Crippen LogP contribution in [0.25, 0.3) is 11.3 Å². The van der Waals surface area contributed by atoms with Gasteiger partial charge in [0.1, 0.15) is 0 Å². The van der Waals surface area contributed by atoms with E-state index in [1.54, 1.807) is 6.20 Å². The quantitative estimate of drug-likeness (QED) is 0.632. The number of hydrogen-bond acceptors (Lipinski definition) is 1. The van der Waals surface area contributed by atoms with Crippen molar-refractivity contribution in [2.24, 2.45) is 0 Å². The summed E-state index contributed by atoms with van der Waals surface area (Å²) in [6.07, 6.45) is 12.3. The Morgan fingerprint density at radius 2 is 1.87 bits per heavy atom. The first-order chi connectivity index (χ1) is 7.35. The van der Waals surface area contributed by atoms with Crippen molar-refractivity contribution in [3.05, 3.63) is 42.4 Å². The molecule has 1 aromatic carbocycles. The number of imidazole rings is 1. The highest BCUT2D eigenvalue weighted by atomic mass is 15.0. The highest BCUT2D eigenvalue weighted by molar-refractivity contribution is 5.59. The Kier molecular flexibility index (Phi) is 2.27. The van der Waals surface area contributed by atoms with Crippen molar-refractivity contribution in [3.63, 3.8) is 0 Å². The van der Waals surface area contributed by atoms with Gasteiger partial charge in [-0.3, -0.25) is 4.57 Å². The number of rotatable bonds is 1. The van der Waals surface area contributed by atoms with Gasteiger partial charge in [0.2, 0.25) is 0 Å². The molecule has 1 aromatic heterocycles. The summed E-state index contributed by atoms with van der Waals surface area (Å²) in [6, 6.07) is 12.2. The van der Waals surface area contributed by atoms with Gasteiger partial charge in [0.15, 0.2) is 5.82 Å². The molecule has 1 heterocycles. The van der Waals surface area contributed by atoms with Crippen molar-refractivity contribution >= 4 is 0 Å². The summed E-state index contributed by atoms with van der Waals surface area (Å²) in [4.78, 5) is 4.25. The summed E-state index contributed by atoms with van der Waals surface area (Å²) in [7, 11) is 0. The lowest BCUT2D eigenvalue weighted by atomic mass is 10.2. The van der Waals surface area contributed by atoms with E-state index in [4.69, 9.17) is 12.8 Å². The number of terminal acetylenes is 2. The normalized spacial score (nSPS) is 9.20. The van der Waals surface area contributed by atoms with Crippen LogP contribution in [0.2, 0.25) is 0 Å². The monoisotopic (exact) mass is 192 g/mol. The molecule has 0 aliphatic carbocycles. The Hall–Kier alpha value is -2.45. The van der Waals surface area contributed by atoms with Gasteiger partial charge >= 0.3 is 0 Å². The Labute approximate surface area is 88.6 Å². The zero-order chi connectivity index (χ0) is 10.7. The molecule has 2 nitrogen and oxygen atoms in total. The first-order valence-corrected chi connectivity index (χ1v) is 4.43. The molecule has 0 radical (unpaired) electrons. The maximum Gasteiger partial charge on any atom is 0.197 e. The summed E-state index contributed by atoms with van der Waals surface area (Å²) in [5, 5.41) is 0. The van der Waals surface area contributed by atoms with Gasteiger partial charge in [-0.15, -0.1) is 6.42 Å². The molecule has 0 aliphatic rings. The van der Waals surface area contributed by atoms with Gasteiger partial charge < -0.3 is 0 Å². The molecule has 2 heteroatoms. The van der Waals surface area contributed by atoms with Crippen molar-refractivity contribution in [1.82, 2.24) is 9.55 Å². The van der Waals surface area contributed by atoms with Crippen LogP contribution in [0.3, 0.4) is 0 Å². The fourth-order valence-electron chi connectivity index (χ4n) is 1.33. The van der Waals surface area contributed by atoms with E-state index < -0.39 is 0 Å². The van der Waals surface area contributed by atoms with Crippen LogP contribution in [0, 0.1) is 24.8 Å². The second kappa shape index (κ2) is 3.74. The topological polar surface area (TPSA) is 17.8 Å². The zero-order valence-electron chi connectivity index (χ0n) is 8.01. The number of nitrogens with zero attached hydrogens (tertiary/aromatic N) is 2. The molecule has 0 fully saturated rings. The predicted molar refractivity (Wildman–Crippen MR) is 59.8 cm³/mol. The summed E-state index contributed by atoms with van der Waals surface area (Å²) in [5.74, 6) is 2.90. The minimum atomic E-state index is 0.455. The van der Waals surface area contributed by atoms with Crippen LogP contribution in [0.1, 0.15) is 5.82 Å². The maximum absolute atomic E-state index is 5.30. The minimum Gasteiger partial charge on any atom is -0.251 e. The van der Waals surface area contributed by atoms with Crippen LogP contribution in [-0.2, 0) is 0 Å². The molecule has 0 spiro atoms. The van der Waals surface area contributed by atoms with Gasteiger partial charge in [-0.2, -0.15) is 0 Å². The smallest absolute Gasteiger partial charge is 0.197 e. The van der Waals surface area contributed by atoms with E-state index in [1.807, 2.05) is 30.3 Å². The van der Waals surface area contributed by atoms with Crippen LogP contribution in [0.4, 0.5) is 0 Å². The predicted octanol–water partition coefficient (Wildman–Crippen LogP) is 1.97. The fourth-order valence-corrected chi connectivity index (χ4v) is 1.33. The van der Waals surface area contributed by atoms with E-state index in [-0.39, 0.29) is 0 Å². The van der Waals surface area contributed by atoms with Gasteiger partial charge in [0, 0.05) is 17.8 Å². The minimum absolute atomic E-state index is 0.455. The molecular formula is C13H8N2. The molecule has 0 bridgehead atoms. The molecule has 0 atom stereocenters. The second-order valence-corrected chi connectivity index (χ2v) is 2.96. The molecule has 0 saturated carbocycles. The van der Waals surface area contributed by atoms with Crippen molar-refractivity contribution in [3.8, 4) is 36.1 Å². The van der Waals surface area contributed by atoms with Gasteiger partial charge in [0.05, 0.1) is 5.69 Å². The van der Waals surface area contributed by atoms with Crippen molar-refractivity contribution < 1.29 is 0 Å². The highest BCUT2D eigenvalue weighted by Crippen LogP contribution is 2.17. The van der Waals surface area contributed by atoms with E-state index in [0.29, 0.717) is 5.82 Å². The molecule has 2 aromatic rings. The van der Waals surface area contributed by atoms with Crippen LogP contribution in [0.15, 0.2) is 36.5 Å². The SMILES string of the molecule is C#Cc1nc(-c2ccccc2)cn1C#C. The summed E-state index contributed by atoms with van der Waals surface area (Å²) in [6.45, 7) is 0. The maximum atomic E-state index is 5.30. The van der Waals surface area contributed by atoms with Crippen molar-refractivity contribution in [2.75, 3.05) is 0 Å². The lowest BCUT2D eigenvalue weighted by Gasteiger charge is -1.92. The molecule has 0 saturated heterocycles. The average molecular weight is 192 g/mol. The lowest BCUT2D eigenvalue weighted by molar-refractivity contribution is 1.08. The standard InChI is InChI=1S/C13H8N2/c1-3-13-14-12(10-15(13)4-2)11-8-6-5-7-9-11/h1-2,5-10H. The lowest BCUT2D eigenvalue weighted by Crippen LogP contribution is -1.89. The summed E-state index contributed by atoms with van der Waals surface area (Å²) in [5.41, 5.74) is 1.80. The highest BCUT2D eigenvalue weighted by Gasteiger charge is 2.05. The number of aromatic nitrogens is 2. The second-order valence-electron chi connectivity index (χ2n) is 2.96. The van der Waals surface area contributed by atoms with Gasteiger partial charge in [-0.25, -0.2) is 4.98 Å². The first-order valence-electron chi connectivity index (χ1n) is 4.43. The number of hydrogen-bond donors (Lipinski definition) is 0. The van der Waals surface area contributed by atoms with Crippen molar-refractivity contribution in [1.29, 1.82) is 0 Å². The largest absolute Gasteiger partial charge is 0.251 e. The van der Waals surface area contributed by atoms with E-state index in [2.05, 4.69) is 16.9 Å². The van der Waals surface area contributed by atoms with E-state index in [1.165, 1.54) is 4.57 Å². The van der Waals surface area contributed by atoms with E-state index in [0.717, 1.165) is 11.3 Å². The van der Waals surface area contributed by atoms with Crippen LogP contribution < -0.4 is 0 Å². The van der Waals surface area contributed by atoms with Gasteiger partial charge in [-0.1, -0.05) is 36.8 Å². The molecule has 15 heavy (non-hydrogen) atoms. The van der Waals surface area contributed by atoms with Gasteiger partial charge in [-0.05, 0) is 5.92 Å². The summed E-state index contributed by atoms with van der Waals surface area (Å²) < 4.78 is 1.50. The van der Waals surface area contributed by atoms with Crippen LogP contribution in [-0.4, -0.2) is 9.55 Å². The Morgan fingerprint density at radius 3 is 2.40 bits per heavy atom. The molecule has 0 unspecified atom stereocenters. The third kappa shape index (κ3) is 1.61. The molecule has 2 rings (SSSR count). The third-order valence-corrected chi connectivity index (χ3v) is 2.04. The van der Waals surface area contributed by atoms with Crippen LogP contribution in [0.5, 0.6) is 0 Å². The average Bonchev–Trinajstić information content (AvgIpc) is 2.73. The molecule has 70 valence electrons. The molecular weight excluding hydrogens is 184 g/mol. The fraction of sp³-hybridized carbons (Fsp3) is 0. The Morgan fingerprint density at radius 1 is 1.13 bits per heavy atom. The third-order valence-electron chi connectivity index (χ3n) is 2.04. The molecule has 0 amide bonds. The zero-order valence-corrected chi connectivity index (χ0v) is 8.01. The number of benzene rings is 1. The Bertz CT molecular complexity index is 519. The first kappa shape index (κ1) is 9.12. The van der Waals surface area contributed by atoms with Crippen molar-refractivity contribution in [2.45, 2.75) is 0 Å². The summed E-state index contributed by atoms with van der Waals surface area (Å²) >= 11 is 0.